The van der Waals surface area contributed by atoms with Crippen molar-refractivity contribution in [2.75, 3.05) is 6.61 Å². The second kappa shape index (κ2) is 3.21. The summed E-state index contributed by atoms with van der Waals surface area (Å²) in [6.45, 7) is 1.22. The Bertz CT molecular complexity index is 365. The van der Waals surface area contributed by atoms with Crippen LogP contribution in [-0.2, 0) is 11.3 Å². The average Bonchev–Trinajstić information content (AvgIpc) is 2.18. The lowest BCUT2D eigenvalue weighted by molar-refractivity contribution is 0.0924. The topological polar surface area (TPSA) is 35.2 Å². The fraction of sp³-hybridized carbons (Fsp3) is 0.273. The third kappa shape index (κ3) is 1.44. The number of nitrogens with two attached hydrogens (primary N) is 1. The number of terminal acetylenes is 1. The summed E-state index contributed by atoms with van der Waals surface area (Å²) in [6.07, 6.45) is 5.30. The van der Waals surface area contributed by atoms with E-state index in [0.29, 0.717) is 13.2 Å². The number of rotatable bonds is 0. The van der Waals surface area contributed by atoms with Crippen molar-refractivity contribution in [3.63, 3.8) is 0 Å². The number of fused-ring (bicyclic) bond motifs is 1. The highest BCUT2D eigenvalue weighted by atomic mass is 16.5. The van der Waals surface area contributed by atoms with Crippen molar-refractivity contribution in [2.24, 2.45) is 5.73 Å². The van der Waals surface area contributed by atoms with E-state index in [1.807, 2.05) is 18.2 Å². The third-order valence-electron chi connectivity index (χ3n) is 2.26. The molecular weight excluding hydrogens is 162 g/mol. The van der Waals surface area contributed by atoms with Crippen LogP contribution in [0, 0.1) is 12.3 Å². The fourth-order valence-electron chi connectivity index (χ4n) is 1.57. The largest absolute Gasteiger partial charge is 0.375 e. The van der Waals surface area contributed by atoms with Crippen LogP contribution in [0.4, 0.5) is 0 Å². The van der Waals surface area contributed by atoms with Gasteiger partial charge in [0.15, 0.2) is 0 Å². The van der Waals surface area contributed by atoms with Crippen LogP contribution in [0.5, 0.6) is 0 Å². The van der Waals surface area contributed by atoms with E-state index < -0.39 is 0 Å². The van der Waals surface area contributed by atoms with Crippen LogP contribution in [0.25, 0.3) is 0 Å². The van der Waals surface area contributed by atoms with Gasteiger partial charge >= 0.3 is 0 Å². The molecule has 0 amide bonds. The normalized spacial score (nSPS) is 20.5. The SMILES string of the molecule is C#Cc1ccc2c(c1)COC[C@H]2N. The van der Waals surface area contributed by atoms with Gasteiger partial charge in [-0.05, 0) is 23.3 Å². The number of benzene rings is 1. The van der Waals surface area contributed by atoms with E-state index >= 15 is 0 Å². The van der Waals surface area contributed by atoms with Crippen molar-refractivity contribution in [3.8, 4) is 12.3 Å². The Morgan fingerprint density at radius 3 is 3.15 bits per heavy atom. The molecule has 0 fully saturated rings. The van der Waals surface area contributed by atoms with Gasteiger partial charge in [-0.3, -0.25) is 0 Å². The molecule has 0 spiro atoms. The molecule has 2 N–H and O–H groups in total. The quantitative estimate of drug-likeness (QED) is 0.598. The molecule has 0 bridgehead atoms. The summed E-state index contributed by atoms with van der Waals surface area (Å²) >= 11 is 0. The second-order valence-corrected chi connectivity index (χ2v) is 3.18. The molecule has 2 heteroatoms. The molecule has 0 radical (unpaired) electrons. The van der Waals surface area contributed by atoms with Crippen molar-refractivity contribution in [2.45, 2.75) is 12.6 Å². The molecule has 0 aromatic heterocycles. The van der Waals surface area contributed by atoms with Crippen molar-refractivity contribution in [3.05, 3.63) is 34.9 Å². The molecular formula is C11H11NO. The van der Waals surface area contributed by atoms with Gasteiger partial charge < -0.3 is 10.5 Å². The highest BCUT2D eigenvalue weighted by molar-refractivity contribution is 5.41. The maximum atomic E-state index is 5.86. The second-order valence-electron chi connectivity index (χ2n) is 3.18. The highest BCUT2D eigenvalue weighted by Crippen LogP contribution is 2.23. The Hall–Kier alpha value is -1.30. The summed E-state index contributed by atoms with van der Waals surface area (Å²) in [5.41, 5.74) is 9.02. The smallest absolute Gasteiger partial charge is 0.0721 e. The molecule has 1 aromatic rings. The van der Waals surface area contributed by atoms with Crippen molar-refractivity contribution in [1.29, 1.82) is 0 Å². The van der Waals surface area contributed by atoms with Crippen LogP contribution in [-0.4, -0.2) is 6.61 Å². The minimum absolute atomic E-state index is 0.00410. The van der Waals surface area contributed by atoms with Crippen LogP contribution in [0.1, 0.15) is 22.7 Å². The Kier molecular flexibility index (Phi) is 2.05. The first-order valence-electron chi connectivity index (χ1n) is 4.24. The number of hydrogen-bond donors (Lipinski definition) is 1. The van der Waals surface area contributed by atoms with Gasteiger partial charge in [0.05, 0.1) is 19.3 Å². The van der Waals surface area contributed by atoms with Gasteiger partial charge in [-0.15, -0.1) is 6.42 Å². The predicted octanol–water partition coefficient (Wildman–Crippen LogP) is 1.20. The lowest BCUT2D eigenvalue weighted by Gasteiger charge is -2.22. The molecule has 1 aliphatic rings. The summed E-state index contributed by atoms with van der Waals surface area (Å²) in [5, 5.41) is 0. The van der Waals surface area contributed by atoms with Crippen LogP contribution >= 0.6 is 0 Å². The average molecular weight is 173 g/mol. The molecule has 66 valence electrons. The predicted molar refractivity (Wildman–Crippen MR) is 51.0 cm³/mol. The maximum Gasteiger partial charge on any atom is 0.0721 e. The van der Waals surface area contributed by atoms with Crippen LogP contribution in [0.2, 0.25) is 0 Å². The van der Waals surface area contributed by atoms with E-state index in [1.54, 1.807) is 0 Å². The summed E-state index contributed by atoms with van der Waals surface area (Å²) in [5.74, 6) is 2.60. The molecule has 1 aromatic carbocycles. The van der Waals surface area contributed by atoms with Crippen LogP contribution in [0.3, 0.4) is 0 Å². The van der Waals surface area contributed by atoms with E-state index in [2.05, 4.69) is 5.92 Å². The zero-order valence-corrected chi connectivity index (χ0v) is 7.29. The molecule has 13 heavy (non-hydrogen) atoms. The Morgan fingerprint density at radius 1 is 1.54 bits per heavy atom. The van der Waals surface area contributed by atoms with Crippen LogP contribution < -0.4 is 5.73 Å². The first-order chi connectivity index (χ1) is 6.31. The summed E-state index contributed by atoms with van der Waals surface area (Å²) in [7, 11) is 0. The van der Waals surface area contributed by atoms with E-state index in [-0.39, 0.29) is 6.04 Å². The summed E-state index contributed by atoms with van der Waals surface area (Å²) in [4.78, 5) is 0. The van der Waals surface area contributed by atoms with E-state index in [1.165, 1.54) is 0 Å². The maximum absolute atomic E-state index is 5.86. The van der Waals surface area contributed by atoms with Gasteiger partial charge in [0.25, 0.3) is 0 Å². The monoisotopic (exact) mass is 173 g/mol. The van der Waals surface area contributed by atoms with Crippen LogP contribution in [0.15, 0.2) is 18.2 Å². The van der Waals surface area contributed by atoms with Gasteiger partial charge in [-0.1, -0.05) is 12.0 Å². The molecule has 2 nitrogen and oxygen atoms in total. The molecule has 0 aliphatic carbocycles. The van der Waals surface area contributed by atoms with Crippen molar-refractivity contribution >= 4 is 0 Å². The lowest BCUT2D eigenvalue weighted by atomic mass is 9.97. The zero-order valence-electron chi connectivity index (χ0n) is 7.29. The van der Waals surface area contributed by atoms with Gasteiger partial charge in [-0.25, -0.2) is 0 Å². The summed E-state index contributed by atoms with van der Waals surface area (Å²) < 4.78 is 5.31. The molecule has 2 rings (SSSR count). The first-order valence-corrected chi connectivity index (χ1v) is 4.24. The minimum atomic E-state index is -0.00410. The first kappa shape index (κ1) is 8.31. The molecule has 1 heterocycles. The Labute approximate surface area is 77.7 Å². The summed E-state index contributed by atoms with van der Waals surface area (Å²) in [6, 6.07) is 5.88. The van der Waals surface area contributed by atoms with Gasteiger partial charge in [0.1, 0.15) is 0 Å². The highest BCUT2D eigenvalue weighted by Gasteiger charge is 2.16. The van der Waals surface area contributed by atoms with Gasteiger partial charge in [0.2, 0.25) is 0 Å². The fourth-order valence-corrected chi connectivity index (χ4v) is 1.57. The standard InChI is InChI=1S/C11H11NO/c1-2-8-3-4-10-9(5-8)6-13-7-11(10)12/h1,3-5,11H,6-7,12H2/t11-/m1/s1. The minimum Gasteiger partial charge on any atom is -0.375 e. The van der Waals surface area contributed by atoms with E-state index in [0.717, 1.165) is 16.7 Å². The number of hydrogen-bond acceptors (Lipinski definition) is 2. The van der Waals surface area contributed by atoms with E-state index in [4.69, 9.17) is 16.9 Å². The zero-order chi connectivity index (χ0) is 9.26. The lowest BCUT2D eigenvalue weighted by Crippen LogP contribution is -2.23. The van der Waals surface area contributed by atoms with Gasteiger partial charge in [-0.2, -0.15) is 0 Å². The Balaban J connectivity index is 2.47. The third-order valence-corrected chi connectivity index (χ3v) is 2.26. The molecule has 1 aliphatic heterocycles. The van der Waals surface area contributed by atoms with Crippen molar-refractivity contribution in [1.82, 2.24) is 0 Å². The van der Waals surface area contributed by atoms with Crippen molar-refractivity contribution < 1.29 is 4.74 Å². The number of ether oxygens (including phenoxy) is 1. The molecule has 1 atom stereocenters. The molecule has 0 unspecified atom stereocenters. The molecule has 0 saturated carbocycles. The van der Waals surface area contributed by atoms with E-state index in [9.17, 15) is 0 Å². The van der Waals surface area contributed by atoms with Gasteiger partial charge in [0, 0.05) is 5.56 Å². The molecule has 0 saturated heterocycles. The Morgan fingerprint density at radius 2 is 2.38 bits per heavy atom.